The van der Waals surface area contributed by atoms with E-state index < -0.39 is 36.9 Å². The summed E-state index contributed by atoms with van der Waals surface area (Å²) < 4.78 is 25.0. The van der Waals surface area contributed by atoms with Crippen LogP contribution in [0.2, 0.25) is 0 Å². The van der Waals surface area contributed by atoms with Crippen LogP contribution in [0.1, 0.15) is 20.7 Å². The van der Waals surface area contributed by atoms with E-state index in [9.17, 15) is 19.2 Å². The highest BCUT2D eigenvalue weighted by Crippen LogP contribution is 2.38. The second kappa shape index (κ2) is 11.9. The largest absolute Gasteiger partial charge is 0.493 e. The predicted molar refractivity (Wildman–Crippen MR) is 116 cm³/mol. The maximum absolute atomic E-state index is 12.4. The number of amides is 2. The molecule has 0 heterocycles. The van der Waals surface area contributed by atoms with Crippen molar-refractivity contribution < 1.29 is 42.9 Å². The SMILES string of the molecule is COC(=O)c1ccc(NC(=O)COC(=O)CNC(=O)c2cc(OC)c(OC)c(OC)c2)cc1. The average molecular weight is 460 g/mol. The van der Waals surface area contributed by atoms with Crippen LogP contribution in [0, 0.1) is 0 Å². The summed E-state index contributed by atoms with van der Waals surface area (Å²) >= 11 is 0. The minimum absolute atomic E-state index is 0.172. The van der Waals surface area contributed by atoms with Crippen molar-refractivity contribution in [3.63, 3.8) is 0 Å². The Kier molecular flexibility index (Phi) is 9.04. The van der Waals surface area contributed by atoms with Crippen LogP contribution >= 0.6 is 0 Å². The van der Waals surface area contributed by atoms with Gasteiger partial charge in [0.05, 0.1) is 34.0 Å². The minimum Gasteiger partial charge on any atom is -0.493 e. The summed E-state index contributed by atoms with van der Waals surface area (Å²) in [6.07, 6.45) is 0. The monoisotopic (exact) mass is 460 g/mol. The molecule has 2 aromatic carbocycles. The number of methoxy groups -OCH3 is 4. The summed E-state index contributed by atoms with van der Waals surface area (Å²) in [5, 5.41) is 4.91. The number of ether oxygens (including phenoxy) is 5. The molecule has 2 aromatic rings. The van der Waals surface area contributed by atoms with Crippen molar-refractivity contribution in [3.8, 4) is 17.2 Å². The molecule has 0 aliphatic heterocycles. The smallest absolute Gasteiger partial charge is 0.337 e. The number of carbonyl (C=O) groups is 4. The Morgan fingerprint density at radius 3 is 1.94 bits per heavy atom. The van der Waals surface area contributed by atoms with Gasteiger partial charge in [0.2, 0.25) is 5.75 Å². The van der Waals surface area contributed by atoms with E-state index in [0.29, 0.717) is 17.0 Å². The van der Waals surface area contributed by atoms with Gasteiger partial charge >= 0.3 is 11.9 Å². The number of hydrogen-bond donors (Lipinski definition) is 2. The highest BCUT2D eigenvalue weighted by atomic mass is 16.5. The molecule has 0 aliphatic carbocycles. The zero-order valence-corrected chi connectivity index (χ0v) is 18.6. The first-order valence-electron chi connectivity index (χ1n) is 9.55. The second-order valence-electron chi connectivity index (χ2n) is 6.37. The van der Waals surface area contributed by atoms with Crippen molar-refractivity contribution in [2.45, 2.75) is 0 Å². The van der Waals surface area contributed by atoms with E-state index in [2.05, 4.69) is 15.4 Å². The lowest BCUT2D eigenvalue weighted by atomic mass is 10.1. The fraction of sp³-hybridized carbons (Fsp3) is 0.273. The van der Waals surface area contributed by atoms with Gasteiger partial charge in [0.1, 0.15) is 6.54 Å². The zero-order valence-electron chi connectivity index (χ0n) is 18.6. The second-order valence-corrected chi connectivity index (χ2v) is 6.37. The van der Waals surface area contributed by atoms with Crippen LogP contribution in [0.3, 0.4) is 0 Å². The average Bonchev–Trinajstić information content (AvgIpc) is 2.84. The normalized spacial score (nSPS) is 9.94. The zero-order chi connectivity index (χ0) is 24.4. The van der Waals surface area contributed by atoms with Crippen molar-refractivity contribution in [1.29, 1.82) is 0 Å². The van der Waals surface area contributed by atoms with Gasteiger partial charge < -0.3 is 34.3 Å². The lowest BCUT2D eigenvalue weighted by molar-refractivity contribution is -0.146. The van der Waals surface area contributed by atoms with Crippen LogP contribution in [-0.4, -0.2) is 65.3 Å². The summed E-state index contributed by atoms with van der Waals surface area (Å²) in [4.78, 5) is 47.6. The van der Waals surface area contributed by atoms with Crippen molar-refractivity contribution in [2.24, 2.45) is 0 Å². The van der Waals surface area contributed by atoms with Crippen molar-refractivity contribution in [1.82, 2.24) is 5.32 Å². The Balaban J connectivity index is 1.84. The first kappa shape index (κ1) is 25.0. The number of anilines is 1. The molecule has 2 rings (SSSR count). The number of esters is 2. The molecule has 11 nitrogen and oxygen atoms in total. The van der Waals surface area contributed by atoms with Gasteiger partial charge in [0, 0.05) is 11.3 Å². The van der Waals surface area contributed by atoms with Crippen LogP contribution in [0.25, 0.3) is 0 Å². The molecule has 2 N–H and O–H groups in total. The maximum atomic E-state index is 12.4. The van der Waals surface area contributed by atoms with Crippen molar-refractivity contribution in [3.05, 3.63) is 47.5 Å². The van der Waals surface area contributed by atoms with E-state index in [1.165, 1.54) is 64.8 Å². The molecular weight excluding hydrogens is 436 g/mol. The fourth-order valence-electron chi connectivity index (χ4n) is 2.67. The highest BCUT2D eigenvalue weighted by molar-refractivity contribution is 5.98. The highest BCUT2D eigenvalue weighted by Gasteiger charge is 2.18. The van der Waals surface area contributed by atoms with Gasteiger partial charge in [0.25, 0.3) is 11.8 Å². The molecule has 0 aliphatic rings. The van der Waals surface area contributed by atoms with Crippen molar-refractivity contribution in [2.75, 3.05) is 46.9 Å². The first-order chi connectivity index (χ1) is 15.8. The Bertz CT molecular complexity index is 994. The molecule has 0 aromatic heterocycles. The van der Waals surface area contributed by atoms with E-state index in [-0.39, 0.29) is 17.1 Å². The molecule has 0 bridgehead atoms. The number of rotatable bonds is 10. The van der Waals surface area contributed by atoms with Gasteiger partial charge in [-0.05, 0) is 36.4 Å². The van der Waals surface area contributed by atoms with Gasteiger partial charge in [-0.1, -0.05) is 0 Å². The molecule has 0 unspecified atom stereocenters. The summed E-state index contributed by atoms with van der Waals surface area (Å²) in [5.74, 6) is -1.61. The first-order valence-corrected chi connectivity index (χ1v) is 9.55. The lowest BCUT2D eigenvalue weighted by Crippen LogP contribution is -2.32. The third kappa shape index (κ3) is 6.86. The molecule has 0 saturated heterocycles. The van der Waals surface area contributed by atoms with Gasteiger partial charge in [0.15, 0.2) is 18.1 Å². The number of benzene rings is 2. The Morgan fingerprint density at radius 2 is 1.42 bits per heavy atom. The van der Waals surface area contributed by atoms with Crippen LogP contribution < -0.4 is 24.8 Å². The van der Waals surface area contributed by atoms with E-state index >= 15 is 0 Å². The standard InChI is InChI=1S/C22H24N2O9/c1-29-16-9-14(10-17(30-2)20(16)31-3)21(27)23-11-19(26)33-12-18(25)24-15-7-5-13(6-8-15)22(28)32-4/h5-10H,11-12H2,1-4H3,(H,23,27)(H,24,25). The molecule has 0 spiro atoms. The Hall–Kier alpha value is -4.28. The molecule has 11 heteroatoms. The van der Waals surface area contributed by atoms with E-state index in [1.807, 2.05) is 0 Å². The molecular formula is C22H24N2O9. The molecule has 176 valence electrons. The summed E-state index contributed by atoms with van der Waals surface area (Å²) in [7, 11) is 5.52. The Labute approximate surface area is 189 Å². The predicted octanol–water partition coefficient (Wildman–Crippen LogP) is 1.41. The van der Waals surface area contributed by atoms with Crippen LogP contribution in [0.4, 0.5) is 5.69 Å². The molecule has 0 fully saturated rings. The minimum atomic E-state index is -0.813. The topological polar surface area (TPSA) is 138 Å². The molecule has 33 heavy (non-hydrogen) atoms. The summed E-state index contributed by atoms with van der Waals surface area (Å²) in [5.41, 5.74) is 0.898. The quantitative estimate of drug-likeness (QED) is 0.504. The lowest BCUT2D eigenvalue weighted by Gasteiger charge is -2.14. The number of nitrogens with one attached hydrogen (secondary N) is 2. The number of hydrogen-bond acceptors (Lipinski definition) is 9. The molecule has 2 amide bonds. The van der Waals surface area contributed by atoms with Gasteiger partial charge in [-0.15, -0.1) is 0 Å². The third-order valence-corrected chi connectivity index (χ3v) is 4.27. The van der Waals surface area contributed by atoms with E-state index in [4.69, 9.17) is 18.9 Å². The number of carbonyl (C=O) groups excluding carboxylic acids is 4. The van der Waals surface area contributed by atoms with E-state index in [0.717, 1.165) is 0 Å². The fourth-order valence-corrected chi connectivity index (χ4v) is 2.67. The molecule has 0 radical (unpaired) electrons. The van der Waals surface area contributed by atoms with Crippen LogP contribution in [-0.2, 0) is 19.1 Å². The third-order valence-electron chi connectivity index (χ3n) is 4.27. The van der Waals surface area contributed by atoms with Crippen molar-refractivity contribution >= 4 is 29.4 Å². The van der Waals surface area contributed by atoms with E-state index in [1.54, 1.807) is 0 Å². The maximum Gasteiger partial charge on any atom is 0.337 e. The van der Waals surface area contributed by atoms with Gasteiger partial charge in [-0.3, -0.25) is 14.4 Å². The van der Waals surface area contributed by atoms with Crippen LogP contribution in [0.5, 0.6) is 17.2 Å². The molecule has 0 saturated carbocycles. The van der Waals surface area contributed by atoms with Crippen LogP contribution in [0.15, 0.2) is 36.4 Å². The van der Waals surface area contributed by atoms with Gasteiger partial charge in [-0.2, -0.15) is 0 Å². The van der Waals surface area contributed by atoms with Gasteiger partial charge in [-0.25, -0.2) is 4.79 Å². The summed E-state index contributed by atoms with van der Waals surface area (Å²) in [6, 6.07) is 8.83. The summed E-state index contributed by atoms with van der Waals surface area (Å²) in [6.45, 7) is -1.02. The Morgan fingerprint density at radius 1 is 0.818 bits per heavy atom. The molecule has 0 atom stereocenters.